The van der Waals surface area contributed by atoms with E-state index < -0.39 is 0 Å². The van der Waals surface area contributed by atoms with Crippen LogP contribution in [0.4, 0.5) is 0 Å². The maximum Gasteiger partial charge on any atom is 0.220 e. The van der Waals surface area contributed by atoms with E-state index in [1.807, 2.05) is 27.7 Å². The van der Waals surface area contributed by atoms with Crippen LogP contribution in [-0.2, 0) is 9.59 Å². The summed E-state index contributed by atoms with van der Waals surface area (Å²) in [6.07, 6.45) is 1.73. The Morgan fingerprint density at radius 1 is 1.06 bits per heavy atom. The molecule has 0 aromatic rings. The van der Waals surface area contributed by atoms with Gasteiger partial charge in [-0.05, 0) is 26.7 Å². The highest BCUT2D eigenvalue weighted by atomic mass is 16.2. The van der Waals surface area contributed by atoms with Crippen LogP contribution >= 0.6 is 0 Å². The molecule has 0 aliphatic rings. The minimum absolute atomic E-state index is 0.0926. The summed E-state index contributed by atoms with van der Waals surface area (Å²) in [5.41, 5.74) is 5.02. The molecule has 0 aliphatic heterocycles. The van der Waals surface area contributed by atoms with E-state index in [9.17, 15) is 9.59 Å². The predicted octanol–water partition coefficient (Wildman–Crippen LogP) is 1.78. The molecule has 0 aromatic carbocycles. The van der Waals surface area contributed by atoms with Crippen molar-refractivity contribution in [2.24, 2.45) is 11.7 Å². The maximum absolute atomic E-state index is 10.5. The molecular weight excluding hydrogens is 204 g/mol. The van der Waals surface area contributed by atoms with Crippen molar-refractivity contribution in [3.05, 3.63) is 0 Å². The molecule has 0 bridgehead atoms. The minimum Gasteiger partial charge on any atom is -0.369 e. The van der Waals surface area contributed by atoms with E-state index in [0.717, 1.165) is 25.9 Å². The first-order valence-corrected chi connectivity index (χ1v) is 5.99. The molecule has 0 unspecified atom stereocenters. The summed E-state index contributed by atoms with van der Waals surface area (Å²) < 4.78 is 0. The number of nitrogens with zero attached hydrogens (tertiary/aromatic N) is 1. The van der Waals surface area contributed by atoms with Gasteiger partial charge in [-0.2, -0.15) is 0 Å². The zero-order chi connectivity index (χ0) is 13.1. The Morgan fingerprint density at radius 3 is 1.44 bits per heavy atom. The minimum atomic E-state index is -0.171. The molecule has 0 saturated heterocycles. The second-order valence-corrected chi connectivity index (χ2v) is 3.61. The van der Waals surface area contributed by atoms with E-state index >= 15 is 0 Å². The van der Waals surface area contributed by atoms with Crippen LogP contribution in [0.25, 0.3) is 0 Å². The molecule has 0 atom stereocenters. The third-order valence-corrected chi connectivity index (χ3v) is 2.60. The average Bonchev–Trinajstić information content (AvgIpc) is 2.21. The SMILES string of the molecule is CCC(CC)C(N)=O.CCN(CC)C(C)=O. The Morgan fingerprint density at radius 2 is 1.44 bits per heavy atom. The summed E-state index contributed by atoms with van der Waals surface area (Å²) in [7, 11) is 0. The number of rotatable bonds is 5. The van der Waals surface area contributed by atoms with Gasteiger partial charge < -0.3 is 10.6 Å². The summed E-state index contributed by atoms with van der Waals surface area (Å²) in [6.45, 7) is 11.1. The van der Waals surface area contributed by atoms with Crippen molar-refractivity contribution in [2.45, 2.75) is 47.5 Å². The third-order valence-electron chi connectivity index (χ3n) is 2.60. The number of carbonyl (C=O) groups excluding carboxylic acids is 2. The fourth-order valence-electron chi connectivity index (χ4n) is 1.36. The Bertz CT molecular complexity index is 175. The van der Waals surface area contributed by atoms with Crippen molar-refractivity contribution in [1.29, 1.82) is 0 Å². The molecule has 0 heterocycles. The molecule has 0 radical (unpaired) electrons. The number of primary amides is 1. The normalized spacial score (nSPS) is 9.38. The summed E-state index contributed by atoms with van der Waals surface area (Å²) in [4.78, 5) is 22.7. The van der Waals surface area contributed by atoms with Gasteiger partial charge in [-0.15, -0.1) is 0 Å². The van der Waals surface area contributed by atoms with Gasteiger partial charge in [0, 0.05) is 25.9 Å². The van der Waals surface area contributed by atoms with E-state index in [-0.39, 0.29) is 17.7 Å². The molecule has 4 heteroatoms. The molecule has 0 fully saturated rings. The second kappa shape index (κ2) is 10.5. The first-order chi connectivity index (χ1) is 7.44. The molecule has 96 valence electrons. The van der Waals surface area contributed by atoms with Crippen LogP contribution in [0.2, 0.25) is 0 Å². The molecule has 0 spiro atoms. The molecule has 0 aromatic heterocycles. The molecular formula is C12H26N2O2. The highest BCUT2D eigenvalue weighted by molar-refractivity contribution is 5.76. The number of hydrogen-bond acceptors (Lipinski definition) is 2. The van der Waals surface area contributed by atoms with Crippen molar-refractivity contribution in [2.75, 3.05) is 13.1 Å². The van der Waals surface area contributed by atoms with Gasteiger partial charge in [0.25, 0.3) is 0 Å². The van der Waals surface area contributed by atoms with Crippen molar-refractivity contribution < 1.29 is 9.59 Å². The number of hydrogen-bond donors (Lipinski definition) is 1. The van der Waals surface area contributed by atoms with Gasteiger partial charge in [0.15, 0.2) is 0 Å². The first-order valence-electron chi connectivity index (χ1n) is 5.99. The van der Waals surface area contributed by atoms with Gasteiger partial charge in [0.2, 0.25) is 11.8 Å². The summed E-state index contributed by atoms with van der Waals surface area (Å²) in [6, 6.07) is 0. The van der Waals surface area contributed by atoms with Gasteiger partial charge in [-0.1, -0.05) is 13.8 Å². The molecule has 2 N–H and O–H groups in total. The molecule has 0 aliphatic carbocycles. The predicted molar refractivity (Wildman–Crippen MR) is 66.9 cm³/mol. The lowest BCUT2D eigenvalue weighted by Gasteiger charge is -2.14. The van der Waals surface area contributed by atoms with Gasteiger partial charge in [-0.25, -0.2) is 0 Å². The zero-order valence-corrected chi connectivity index (χ0v) is 11.2. The van der Waals surface area contributed by atoms with Crippen LogP contribution in [0.3, 0.4) is 0 Å². The topological polar surface area (TPSA) is 63.4 Å². The summed E-state index contributed by atoms with van der Waals surface area (Å²) in [5.74, 6) is 0.0833. The number of carbonyl (C=O) groups is 2. The zero-order valence-electron chi connectivity index (χ0n) is 11.2. The van der Waals surface area contributed by atoms with Crippen LogP contribution in [0.5, 0.6) is 0 Å². The smallest absolute Gasteiger partial charge is 0.220 e. The lowest BCUT2D eigenvalue weighted by atomic mass is 10.0. The Hall–Kier alpha value is -1.06. The van der Waals surface area contributed by atoms with Crippen LogP contribution in [0.1, 0.15) is 47.5 Å². The van der Waals surface area contributed by atoms with Gasteiger partial charge in [-0.3, -0.25) is 9.59 Å². The first kappa shape index (κ1) is 17.3. The quantitative estimate of drug-likeness (QED) is 0.782. The van der Waals surface area contributed by atoms with Crippen LogP contribution in [0, 0.1) is 5.92 Å². The Balaban J connectivity index is 0. The fourth-order valence-corrected chi connectivity index (χ4v) is 1.36. The lowest BCUT2D eigenvalue weighted by Crippen LogP contribution is -2.27. The van der Waals surface area contributed by atoms with E-state index in [0.29, 0.717) is 0 Å². The van der Waals surface area contributed by atoms with Crippen LogP contribution in [-0.4, -0.2) is 29.8 Å². The summed E-state index contributed by atoms with van der Waals surface area (Å²) in [5, 5.41) is 0. The maximum atomic E-state index is 10.5. The van der Waals surface area contributed by atoms with Crippen LogP contribution < -0.4 is 5.73 Å². The van der Waals surface area contributed by atoms with Crippen molar-refractivity contribution in [3.63, 3.8) is 0 Å². The molecule has 2 amide bonds. The molecule has 0 rings (SSSR count). The largest absolute Gasteiger partial charge is 0.369 e. The van der Waals surface area contributed by atoms with Crippen molar-refractivity contribution in [3.8, 4) is 0 Å². The van der Waals surface area contributed by atoms with Gasteiger partial charge >= 0.3 is 0 Å². The Kier molecular flexibility index (Phi) is 11.3. The van der Waals surface area contributed by atoms with Crippen molar-refractivity contribution in [1.82, 2.24) is 4.90 Å². The number of nitrogens with two attached hydrogens (primary N) is 1. The van der Waals surface area contributed by atoms with Gasteiger partial charge in [0.05, 0.1) is 0 Å². The average molecular weight is 230 g/mol. The Labute approximate surface area is 99.2 Å². The monoisotopic (exact) mass is 230 g/mol. The third kappa shape index (κ3) is 8.26. The lowest BCUT2D eigenvalue weighted by molar-refractivity contribution is -0.128. The second-order valence-electron chi connectivity index (χ2n) is 3.61. The molecule has 4 nitrogen and oxygen atoms in total. The highest BCUT2D eigenvalue weighted by Crippen LogP contribution is 2.04. The molecule has 0 saturated carbocycles. The fraction of sp³-hybridized carbons (Fsp3) is 0.833. The highest BCUT2D eigenvalue weighted by Gasteiger charge is 2.07. The molecule has 16 heavy (non-hydrogen) atoms. The van der Waals surface area contributed by atoms with Gasteiger partial charge in [0.1, 0.15) is 0 Å². The van der Waals surface area contributed by atoms with E-state index in [2.05, 4.69) is 0 Å². The van der Waals surface area contributed by atoms with E-state index in [1.165, 1.54) is 0 Å². The number of amides is 2. The van der Waals surface area contributed by atoms with E-state index in [1.54, 1.807) is 11.8 Å². The van der Waals surface area contributed by atoms with Crippen molar-refractivity contribution >= 4 is 11.8 Å². The standard InChI is InChI=1S/2C6H13NO/c1-4-7(5-2)6(3)8;1-3-5(4-2)6(7)8/h4-5H2,1-3H3;5H,3-4H2,1-2H3,(H2,7,8). The summed E-state index contributed by atoms with van der Waals surface area (Å²) >= 11 is 0. The van der Waals surface area contributed by atoms with Crippen LogP contribution in [0.15, 0.2) is 0 Å². The van der Waals surface area contributed by atoms with E-state index in [4.69, 9.17) is 5.73 Å².